The van der Waals surface area contributed by atoms with Crippen LogP contribution in [0, 0.1) is 0 Å². The van der Waals surface area contributed by atoms with Crippen LogP contribution in [0.4, 0.5) is 11.4 Å². The van der Waals surface area contributed by atoms with Crippen molar-refractivity contribution in [3.05, 3.63) is 77.9 Å². The van der Waals surface area contributed by atoms with Crippen molar-refractivity contribution in [3.63, 3.8) is 0 Å². The Kier molecular flexibility index (Phi) is 6.46. The van der Waals surface area contributed by atoms with Crippen molar-refractivity contribution >= 4 is 17.6 Å². The Labute approximate surface area is 197 Å². The molecule has 1 heterocycles. The Morgan fingerprint density at radius 2 is 1.55 bits per heavy atom. The van der Waals surface area contributed by atoms with Crippen LogP contribution in [-0.4, -0.2) is 24.9 Å². The van der Waals surface area contributed by atoms with Crippen LogP contribution in [0.1, 0.15) is 58.1 Å². The van der Waals surface area contributed by atoms with E-state index in [1.54, 1.807) is 7.11 Å². The maximum Gasteiger partial charge on any atom is 0.127 e. The van der Waals surface area contributed by atoms with Gasteiger partial charge in [0.05, 0.1) is 12.8 Å². The minimum atomic E-state index is 0.159. The molecule has 0 spiro atoms. The van der Waals surface area contributed by atoms with Crippen molar-refractivity contribution in [1.82, 2.24) is 0 Å². The second-order valence-corrected chi connectivity index (χ2v) is 9.73. The number of nitrogens with zero attached hydrogens (tertiary/aromatic N) is 2. The molecule has 0 aromatic heterocycles. The van der Waals surface area contributed by atoms with Gasteiger partial charge in [0.15, 0.2) is 0 Å². The lowest BCUT2D eigenvalue weighted by Gasteiger charge is -2.50. The zero-order valence-corrected chi connectivity index (χ0v) is 20.5. The quantitative estimate of drug-likeness (QED) is 0.366. The molecular weight excluding hydrogens is 408 g/mol. The van der Waals surface area contributed by atoms with E-state index in [0.717, 1.165) is 34.9 Å². The van der Waals surface area contributed by atoms with Crippen LogP contribution >= 0.6 is 0 Å². The van der Waals surface area contributed by atoms with Crippen LogP contribution in [-0.2, 0) is 0 Å². The SMILES string of the molecule is COc1ccc(Oc2ccc(N=Cc3ccc4c(c3)[C@H](C)CC(C)(C)N4C(C)C)cc2)cc1. The topological polar surface area (TPSA) is 34.1 Å². The van der Waals surface area contributed by atoms with Crippen molar-refractivity contribution < 1.29 is 9.47 Å². The largest absolute Gasteiger partial charge is 0.497 e. The normalized spacial score (nSPS) is 17.3. The molecule has 0 N–H and O–H groups in total. The molecule has 1 aliphatic rings. The average molecular weight is 443 g/mol. The van der Waals surface area contributed by atoms with Gasteiger partial charge in [-0.3, -0.25) is 4.99 Å². The van der Waals surface area contributed by atoms with Gasteiger partial charge < -0.3 is 14.4 Å². The Morgan fingerprint density at radius 1 is 0.939 bits per heavy atom. The standard InChI is InChI=1S/C29H34N2O2/c1-20(2)31-28-16-7-22(17-27(28)21(3)18-29(31,4)5)19-30-23-8-10-25(11-9-23)33-26-14-12-24(32-6)13-15-26/h7-17,19-21H,18H2,1-6H3/t21-/m1/s1. The Morgan fingerprint density at radius 3 is 2.15 bits per heavy atom. The molecule has 1 atom stereocenters. The van der Waals surface area contributed by atoms with Gasteiger partial charge in [-0.15, -0.1) is 0 Å². The van der Waals surface area contributed by atoms with Gasteiger partial charge in [-0.25, -0.2) is 0 Å². The fraction of sp³-hybridized carbons (Fsp3) is 0.345. The predicted molar refractivity (Wildman–Crippen MR) is 138 cm³/mol. The van der Waals surface area contributed by atoms with E-state index in [0.29, 0.717) is 12.0 Å². The van der Waals surface area contributed by atoms with E-state index in [2.05, 4.69) is 57.7 Å². The third-order valence-electron chi connectivity index (χ3n) is 6.31. The lowest BCUT2D eigenvalue weighted by Crippen LogP contribution is -2.51. The molecule has 0 saturated carbocycles. The molecule has 3 aromatic rings. The maximum atomic E-state index is 5.90. The van der Waals surface area contributed by atoms with E-state index in [9.17, 15) is 0 Å². The lowest BCUT2D eigenvalue weighted by molar-refractivity contribution is 0.356. The summed E-state index contributed by atoms with van der Waals surface area (Å²) < 4.78 is 11.1. The lowest BCUT2D eigenvalue weighted by atomic mass is 9.79. The number of methoxy groups -OCH3 is 1. The van der Waals surface area contributed by atoms with Gasteiger partial charge in [-0.2, -0.15) is 0 Å². The number of aliphatic imine (C=N–C) groups is 1. The van der Waals surface area contributed by atoms with Gasteiger partial charge in [-0.05, 0) is 112 Å². The molecule has 0 unspecified atom stereocenters. The summed E-state index contributed by atoms with van der Waals surface area (Å²) in [5, 5.41) is 0. The summed E-state index contributed by atoms with van der Waals surface area (Å²) in [6, 6.07) is 22.6. The zero-order valence-electron chi connectivity index (χ0n) is 20.5. The van der Waals surface area contributed by atoms with Crippen LogP contribution < -0.4 is 14.4 Å². The van der Waals surface area contributed by atoms with Crippen LogP contribution in [0.2, 0.25) is 0 Å². The van der Waals surface area contributed by atoms with Crippen LogP contribution in [0.15, 0.2) is 71.7 Å². The van der Waals surface area contributed by atoms with Gasteiger partial charge in [0.2, 0.25) is 0 Å². The third kappa shape index (κ3) is 5.05. The van der Waals surface area contributed by atoms with Gasteiger partial charge in [0.25, 0.3) is 0 Å². The molecule has 0 saturated heterocycles. The third-order valence-corrected chi connectivity index (χ3v) is 6.31. The highest BCUT2D eigenvalue weighted by molar-refractivity contribution is 5.84. The van der Waals surface area contributed by atoms with Crippen molar-refractivity contribution in [1.29, 1.82) is 0 Å². The molecular formula is C29H34N2O2. The van der Waals surface area contributed by atoms with Crippen molar-refractivity contribution in [2.75, 3.05) is 12.0 Å². The zero-order chi connectivity index (χ0) is 23.6. The number of hydrogen-bond donors (Lipinski definition) is 0. The first-order valence-electron chi connectivity index (χ1n) is 11.7. The average Bonchev–Trinajstić information content (AvgIpc) is 2.78. The summed E-state index contributed by atoms with van der Waals surface area (Å²) in [7, 11) is 1.65. The van der Waals surface area contributed by atoms with Crippen molar-refractivity contribution in [2.45, 2.75) is 58.5 Å². The summed E-state index contributed by atoms with van der Waals surface area (Å²) in [6.45, 7) is 11.6. The summed E-state index contributed by atoms with van der Waals surface area (Å²) in [6.07, 6.45) is 3.10. The number of rotatable bonds is 6. The molecule has 0 aliphatic carbocycles. The molecule has 33 heavy (non-hydrogen) atoms. The van der Waals surface area contributed by atoms with E-state index < -0.39 is 0 Å². The molecule has 4 nitrogen and oxygen atoms in total. The van der Waals surface area contributed by atoms with E-state index in [1.165, 1.54) is 11.3 Å². The molecule has 0 bridgehead atoms. The minimum absolute atomic E-state index is 0.159. The summed E-state index contributed by atoms with van der Waals surface area (Å²) >= 11 is 0. The highest BCUT2D eigenvalue weighted by atomic mass is 16.5. The second kappa shape index (κ2) is 9.30. The molecule has 0 amide bonds. The van der Waals surface area contributed by atoms with Crippen molar-refractivity contribution in [2.24, 2.45) is 4.99 Å². The van der Waals surface area contributed by atoms with E-state index >= 15 is 0 Å². The Balaban J connectivity index is 1.48. The van der Waals surface area contributed by atoms with E-state index in [-0.39, 0.29) is 5.54 Å². The maximum absolute atomic E-state index is 5.90. The Bertz CT molecular complexity index is 1120. The van der Waals surface area contributed by atoms with Gasteiger partial charge in [0, 0.05) is 23.5 Å². The van der Waals surface area contributed by atoms with Crippen molar-refractivity contribution in [3.8, 4) is 17.2 Å². The van der Waals surface area contributed by atoms with Gasteiger partial charge in [-0.1, -0.05) is 13.0 Å². The number of hydrogen-bond acceptors (Lipinski definition) is 4. The first-order valence-corrected chi connectivity index (χ1v) is 11.7. The van der Waals surface area contributed by atoms with Crippen LogP contribution in [0.5, 0.6) is 17.2 Å². The fourth-order valence-electron chi connectivity index (χ4n) is 5.06. The monoisotopic (exact) mass is 442 g/mol. The number of fused-ring (bicyclic) bond motifs is 1. The first kappa shape index (κ1) is 22.9. The minimum Gasteiger partial charge on any atom is -0.497 e. The molecule has 3 aromatic carbocycles. The predicted octanol–water partition coefficient (Wildman–Crippen LogP) is 7.74. The first-order chi connectivity index (χ1) is 15.8. The second-order valence-electron chi connectivity index (χ2n) is 9.73. The van der Waals surface area contributed by atoms with E-state index in [1.807, 2.05) is 54.7 Å². The summed E-state index contributed by atoms with van der Waals surface area (Å²) in [5.74, 6) is 2.88. The molecule has 4 heteroatoms. The molecule has 0 fully saturated rings. The molecule has 1 aliphatic heterocycles. The number of benzene rings is 3. The van der Waals surface area contributed by atoms with Gasteiger partial charge >= 0.3 is 0 Å². The molecule has 4 rings (SSSR count). The number of anilines is 1. The Hall–Kier alpha value is -3.27. The highest BCUT2D eigenvalue weighted by Crippen LogP contribution is 2.44. The number of ether oxygens (including phenoxy) is 2. The highest BCUT2D eigenvalue weighted by Gasteiger charge is 2.37. The van der Waals surface area contributed by atoms with Crippen LogP contribution in [0.25, 0.3) is 0 Å². The summed E-state index contributed by atoms with van der Waals surface area (Å²) in [4.78, 5) is 7.25. The molecule has 0 radical (unpaired) electrons. The van der Waals surface area contributed by atoms with Gasteiger partial charge in [0.1, 0.15) is 17.2 Å². The van der Waals surface area contributed by atoms with E-state index in [4.69, 9.17) is 14.5 Å². The smallest absolute Gasteiger partial charge is 0.127 e. The fourth-order valence-corrected chi connectivity index (χ4v) is 5.06. The summed E-state index contributed by atoms with van der Waals surface area (Å²) in [5.41, 5.74) is 4.95. The van der Waals surface area contributed by atoms with Crippen LogP contribution in [0.3, 0.4) is 0 Å². The molecule has 172 valence electrons.